The van der Waals surface area contributed by atoms with E-state index in [4.69, 9.17) is 0 Å². The van der Waals surface area contributed by atoms with Gasteiger partial charge in [-0.05, 0) is 13.8 Å². The van der Waals surface area contributed by atoms with Gasteiger partial charge in [0.1, 0.15) is 0 Å². The van der Waals surface area contributed by atoms with E-state index < -0.39 is 0 Å². The second kappa shape index (κ2) is 1.25. The summed E-state index contributed by atoms with van der Waals surface area (Å²) in [6.07, 6.45) is 0. The fourth-order valence-corrected chi connectivity index (χ4v) is 0.709. The highest BCUT2D eigenvalue weighted by atomic mass is 15.3. The molecular weight excluding hydrogens is 86.1 g/mol. The molecule has 1 rings (SSSR count). The molecule has 0 saturated carbocycles. The summed E-state index contributed by atoms with van der Waals surface area (Å²) in [5, 5.41) is 0. The third kappa shape index (κ3) is 0.763. The molecular formula is C6H11N. The van der Waals surface area contributed by atoms with Crippen molar-refractivity contribution < 1.29 is 0 Å². The maximum Gasteiger partial charge on any atom is 0.0573 e. The van der Waals surface area contributed by atoms with E-state index in [2.05, 4.69) is 25.3 Å². The second-order valence-corrected chi connectivity index (χ2v) is 2.29. The average molecular weight is 97.2 g/mol. The highest BCUT2D eigenvalue weighted by molar-refractivity contribution is 5.13. The van der Waals surface area contributed by atoms with Crippen LogP contribution >= 0.6 is 0 Å². The lowest BCUT2D eigenvalue weighted by Gasteiger charge is -2.02. The molecule has 0 unspecified atom stereocenters. The molecule has 1 aliphatic rings. The van der Waals surface area contributed by atoms with Crippen molar-refractivity contribution >= 4 is 0 Å². The van der Waals surface area contributed by atoms with Crippen LogP contribution in [0.15, 0.2) is 12.3 Å². The highest BCUT2D eigenvalue weighted by Gasteiger charge is 2.24. The van der Waals surface area contributed by atoms with E-state index in [-0.39, 0.29) is 0 Å². The van der Waals surface area contributed by atoms with Gasteiger partial charge in [0, 0.05) is 11.7 Å². The first-order valence-corrected chi connectivity index (χ1v) is 2.66. The lowest BCUT2D eigenvalue weighted by atomic mass is 10.4. The van der Waals surface area contributed by atoms with Crippen molar-refractivity contribution in [1.29, 1.82) is 0 Å². The van der Waals surface area contributed by atoms with E-state index in [1.54, 1.807) is 0 Å². The van der Waals surface area contributed by atoms with Gasteiger partial charge in [-0.15, -0.1) is 0 Å². The molecule has 0 radical (unpaired) electrons. The normalized spacial score (nSPS) is 18.7. The lowest BCUT2D eigenvalue weighted by molar-refractivity contribution is 0.480. The molecule has 7 heavy (non-hydrogen) atoms. The molecule has 40 valence electrons. The molecule has 1 fully saturated rings. The Balaban J connectivity index is 2.33. The number of nitrogens with zero attached hydrogens (tertiary/aromatic N) is 1. The molecule has 0 atom stereocenters. The smallest absolute Gasteiger partial charge is 0.0573 e. The summed E-state index contributed by atoms with van der Waals surface area (Å²) in [6.45, 7) is 9.28. The van der Waals surface area contributed by atoms with Crippen LogP contribution in [0.2, 0.25) is 0 Å². The third-order valence-electron chi connectivity index (χ3n) is 1.28. The molecule has 0 aliphatic carbocycles. The standard InChI is InChI=1S/C6H11N/c1-5(2)7-4-6(7)3/h5H,3-4H2,1-2H3. The zero-order chi connectivity index (χ0) is 5.44. The first kappa shape index (κ1) is 4.69. The van der Waals surface area contributed by atoms with E-state index in [1.165, 1.54) is 5.70 Å². The first-order valence-electron chi connectivity index (χ1n) is 2.66. The maximum absolute atomic E-state index is 3.80. The minimum Gasteiger partial charge on any atom is -0.366 e. The Morgan fingerprint density at radius 2 is 2.14 bits per heavy atom. The van der Waals surface area contributed by atoms with Gasteiger partial charge < -0.3 is 4.90 Å². The number of rotatable bonds is 1. The molecule has 1 heterocycles. The van der Waals surface area contributed by atoms with Gasteiger partial charge in [-0.2, -0.15) is 0 Å². The number of hydrogen-bond acceptors (Lipinski definition) is 1. The van der Waals surface area contributed by atoms with Crippen molar-refractivity contribution in [3.05, 3.63) is 12.3 Å². The quantitative estimate of drug-likeness (QED) is 0.445. The number of hydrogen-bond donors (Lipinski definition) is 0. The monoisotopic (exact) mass is 97.1 g/mol. The first-order chi connectivity index (χ1) is 3.22. The highest BCUT2D eigenvalue weighted by Crippen LogP contribution is 2.21. The minimum atomic E-state index is 0.674. The predicted molar refractivity (Wildman–Crippen MR) is 31.0 cm³/mol. The summed E-state index contributed by atoms with van der Waals surface area (Å²) in [5.41, 5.74) is 1.29. The summed E-state index contributed by atoms with van der Waals surface area (Å²) >= 11 is 0. The van der Waals surface area contributed by atoms with Gasteiger partial charge in [-0.3, -0.25) is 0 Å². The van der Waals surface area contributed by atoms with Crippen LogP contribution in [0.3, 0.4) is 0 Å². The summed E-state index contributed by atoms with van der Waals surface area (Å²) in [5.74, 6) is 0. The van der Waals surface area contributed by atoms with Gasteiger partial charge in [0.25, 0.3) is 0 Å². The molecule has 0 N–H and O–H groups in total. The molecule has 0 aromatic carbocycles. The molecule has 1 heteroatoms. The fourth-order valence-electron chi connectivity index (χ4n) is 0.709. The molecule has 1 saturated heterocycles. The largest absolute Gasteiger partial charge is 0.366 e. The van der Waals surface area contributed by atoms with Gasteiger partial charge in [-0.1, -0.05) is 6.58 Å². The average Bonchev–Trinajstić information content (AvgIpc) is 2.17. The molecule has 0 bridgehead atoms. The van der Waals surface area contributed by atoms with Crippen LogP contribution in [0, 0.1) is 0 Å². The van der Waals surface area contributed by atoms with Crippen molar-refractivity contribution in [2.45, 2.75) is 19.9 Å². The molecule has 0 aromatic rings. The minimum absolute atomic E-state index is 0.674. The van der Waals surface area contributed by atoms with Gasteiger partial charge in [0.05, 0.1) is 6.54 Å². The van der Waals surface area contributed by atoms with Crippen LogP contribution in [0.5, 0.6) is 0 Å². The van der Waals surface area contributed by atoms with Crippen molar-refractivity contribution in [3.63, 3.8) is 0 Å². The van der Waals surface area contributed by atoms with E-state index in [9.17, 15) is 0 Å². The Hall–Kier alpha value is -0.460. The van der Waals surface area contributed by atoms with Crippen LogP contribution < -0.4 is 0 Å². The lowest BCUT2D eigenvalue weighted by Crippen LogP contribution is -2.06. The zero-order valence-corrected chi connectivity index (χ0v) is 4.94. The van der Waals surface area contributed by atoms with E-state index in [1.807, 2.05) is 0 Å². The Kier molecular flexibility index (Phi) is 0.841. The van der Waals surface area contributed by atoms with Gasteiger partial charge in [0.15, 0.2) is 0 Å². The van der Waals surface area contributed by atoms with E-state index >= 15 is 0 Å². The summed E-state index contributed by atoms with van der Waals surface area (Å²) in [4.78, 5) is 2.26. The molecule has 0 amide bonds. The predicted octanol–water partition coefficient (Wildman–Crippen LogP) is 1.22. The Bertz CT molecular complexity index is 94.4. The Morgan fingerprint density at radius 3 is 2.14 bits per heavy atom. The zero-order valence-electron chi connectivity index (χ0n) is 4.94. The molecule has 0 spiro atoms. The second-order valence-electron chi connectivity index (χ2n) is 2.29. The van der Waals surface area contributed by atoms with Crippen LogP contribution in [0.4, 0.5) is 0 Å². The van der Waals surface area contributed by atoms with Crippen LogP contribution in [-0.4, -0.2) is 17.5 Å². The van der Waals surface area contributed by atoms with Crippen molar-refractivity contribution in [2.24, 2.45) is 0 Å². The SMILES string of the molecule is C=C1CN1C(C)C. The van der Waals surface area contributed by atoms with Crippen LogP contribution in [0.25, 0.3) is 0 Å². The summed E-state index contributed by atoms with van der Waals surface area (Å²) in [7, 11) is 0. The molecule has 1 nitrogen and oxygen atoms in total. The fraction of sp³-hybridized carbons (Fsp3) is 0.667. The summed E-state index contributed by atoms with van der Waals surface area (Å²) in [6, 6.07) is 0.674. The van der Waals surface area contributed by atoms with Crippen molar-refractivity contribution in [1.82, 2.24) is 4.90 Å². The van der Waals surface area contributed by atoms with E-state index in [0.717, 1.165) is 6.54 Å². The Morgan fingerprint density at radius 1 is 1.71 bits per heavy atom. The van der Waals surface area contributed by atoms with Gasteiger partial charge in [-0.25, -0.2) is 0 Å². The van der Waals surface area contributed by atoms with Gasteiger partial charge in [0.2, 0.25) is 0 Å². The summed E-state index contributed by atoms with van der Waals surface area (Å²) < 4.78 is 0. The molecule has 1 aliphatic heterocycles. The topological polar surface area (TPSA) is 3.01 Å². The Labute approximate surface area is 44.6 Å². The van der Waals surface area contributed by atoms with Crippen molar-refractivity contribution in [2.75, 3.05) is 6.54 Å². The van der Waals surface area contributed by atoms with E-state index in [0.29, 0.717) is 6.04 Å². The molecule has 0 aromatic heterocycles. The van der Waals surface area contributed by atoms with Crippen LogP contribution in [0.1, 0.15) is 13.8 Å². The maximum atomic E-state index is 3.80. The van der Waals surface area contributed by atoms with Crippen LogP contribution in [-0.2, 0) is 0 Å². The van der Waals surface area contributed by atoms with Crippen molar-refractivity contribution in [3.8, 4) is 0 Å². The third-order valence-corrected chi connectivity index (χ3v) is 1.28. The van der Waals surface area contributed by atoms with Gasteiger partial charge >= 0.3 is 0 Å².